The van der Waals surface area contributed by atoms with Crippen LogP contribution in [0.15, 0.2) is 6.20 Å². The molecule has 0 bridgehead atoms. The first-order chi connectivity index (χ1) is 6.16. The second-order valence-electron chi connectivity index (χ2n) is 2.74. The van der Waals surface area contributed by atoms with E-state index >= 15 is 0 Å². The van der Waals surface area contributed by atoms with Gasteiger partial charge in [-0.15, -0.1) is 0 Å². The lowest BCUT2D eigenvalue weighted by atomic mass is 10.2. The molecule has 1 aromatic heterocycles. The van der Waals surface area contributed by atoms with Crippen molar-refractivity contribution >= 4 is 11.6 Å². The number of ketones is 1. The molecule has 0 aliphatic carbocycles. The fourth-order valence-corrected chi connectivity index (χ4v) is 1.08. The maximum atomic E-state index is 11.1. The van der Waals surface area contributed by atoms with Gasteiger partial charge in [-0.3, -0.25) is 9.48 Å². The lowest BCUT2D eigenvalue weighted by Crippen LogP contribution is -2.11. The third-order valence-electron chi connectivity index (χ3n) is 1.72. The van der Waals surface area contributed by atoms with Crippen LogP contribution in [-0.4, -0.2) is 33.8 Å². The van der Waals surface area contributed by atoms with Crippen molar-refractivity contribution in [2.24, 2.45) is 7.05 Å². The van der Waals surface area contributed by atoms with Crippen molar-refractivity contribution in [2.75, 3.05) is 18.5 Å². The summed E-state index contributed by atoms with van der Waals surface area (Å²) in [6.07, 6.45) is 1.52. The predicted octanol–water partition coefficient (Wildman–Crippen LogP) is 0.0269. The molecular weight excluding hydrogens is 170 g/mol. The van der Waals surface area contributed by atoms with Crippen LogP contribution >= 0.6 is 0 Å². The summed E-state index contributed by atoms with van der Waals surface area (Å²) in [6, 6.07) is 0. The summed E-state index contributed by atoms with van der Waals surface area (Å²) in [5.41, 5.74) is 0.552. The van der Waals surface area contributed by atoms with Crippen molar-refractivity contribution in [2.45, 2.75) is 6.92 Å². The molecule has 1 heterocycles. The Morgan fingerprint density at radius 3 is 3.00 bits per heavy atom. The van der Waals surface area contributed by atoms with E-state index < -0.39 is 0 Å². The lowest BCUT2D eigenvalue weighted by Gasteiger charge is -2.05. The van der Waals surface area contributed by atoms with Crippen LogP contribution in [0.2, 0.25) is 0 Å². The van der Waals surface area contributed by atoms with Gasteiger partial charge in [0.1, 0.15) is 5.82 Å². The zero-order chi connectivity index (χ0) is 9.84. The van der Waals surface area contributed by atoms with Gasteiger partial charge < -0.3 is 10.4 Å². The molecule has 1 rings (SSSR count). The van der Waals surface area contributed by atoms with E-state index in [1.807, 2.05) is 0 Å². The molecule has 5 nitrogen and oxygen atoms in total. The number of aryl methyl sites for hydroxylation is 1. The van der Waals surface area contributed by atoms with Crippen LogP contribution < -0.4 is 5.32 Å². The van der Waals surface area contributed by atoms with E-state index in [1.165, 1.54) is 13.1 Å². The van der Waals surface area contributed by atoms with Gasteiger partial charge in [-0.05, 0) is 6.92 Å². The summed E-state index contributed by atoms with van der Waals surface area (Å²) in [6.45, 7) is 1.93. The average Bonchev–Trinajstić information content (AvgIpc) is 2.43. The highest BCUT2D eigenvalue weighted by Gasteiger charge is 2.10. The SMILES string of the molecule is CC(=O)c1cnn(C)c1NCCO. The van der Waals surface area contributed by atoms with Crippen molar-refractivity contribution < 1.29 is 9.90 Å². The average molecular weight is 183 g/mol. The Balaban J connectivity index is 2.88. The van der Waals surface area contributed by atoms with E-state index in [9.17, 15) is 4.79 Å². The van der Waals surface area contributed by atoms with Gasteiger partial charge in [0, 0.05) is 13.6 Å². The van der Waals surface area contributed by atoms with Crippen molar-refractivity contribution in [1.29, 1.82) is 0 Å². The van der Waals surface area contributed by atoms with E-state index in [4.69, 9.17) is 5.11 Å². The molecule has 0 atom stereocenters. The third kappa shape index (κ3) is 2.06. The van der Waals surface area contributed by atoms with Gasteiger partial charge in [0.05, 0.1) is 18.4 Å². The molecule has 0 aliphatic rings. The van der Waals surface area contributed by atoms with Crippen LogP contribution in [0.5, 0.6) is 0 Å². The van der Waals surface area contributed by atoms with E-state index in [0.29, 0.717) is 17.9 Å². The Labute approximate surface area is 76.4 Å². The maximum Gasteiger partial charge on any atom is 0.165 e. The van der Waals surface area contributed by atoms with Crippen LogP contribution in [0.4, 0.5) is 5.82 Å². The number of nitrogens with one attached hydrogen (secondary N) is 1. The number of nitrogens with zero attached hydrogens (tertiary/aromatic N) is 2. The van der Waals surface area contributed by atoms with E-state index in [-0.39, 0.29) is 12.4 Å². The third-order valence-corrected chi connectivity index (χ3v) is 1.72. The molecule has 2 N–H and O–H groups in total. The molecule has 0 fully saturated rings. The van der Waals surface area contributed by atoms with Crippen LogP contribution in [0.1, 0.15) is 17.3 Å². The number of aliphatic hydroxyl groups is 1. The Morgan fingerprint density at radius 1 is 1.77 bits per heavy atom. The van der Waals surface area contributed by atoms with Gasteiger partial charge in [-0.25, -0.2) is 0 Å². The van der Waals surface area contributed by atoms with Gasteiger partial charge in [0.15, 0.2) is 5.78 Å². The Kier molecular flexibility index (Phi) is 3.02. The minimum Gasteiger partial charge on any atom is -0.395 e. The first kappa shape index (κ1) is 9.73. The van der Waals surface area contributed by atoms with Gasteiger partial charge in [0.25, 0.3) is 0 Å². The normalized spacial score (nSPS) is 10.1. The summed E-state index contributed by atoms with van der Waals surface area (Å²) in [4.78, 5) is 11.1. The smallest absolute Gasteiger partial charge is 0.165 e. The van der Waals surface area contributed by atoms with Gasteiger partial charge in [-0.1, -0.05) is 0 Å². The molecule has 0 unspecified atom stereocenters. The minimum atomic E-state index is -0.0338. The number of anilines is 1. The highest BCUT2D eigenvalue weighted by molar-refractivity contribution is 5.98. The summed E-state index contributed by atoms with van der Waals surface area (Å²) >= 11 is 0. The van der Waals surface area contributed by atoms with E-state index in [2.05, 4.69) is 10.4 Å². The fraction of sp³-hybridized carbons (Fsp3) is 0.500. The molecular formula is C8H13N3O2. The van der Waals surface area contributed by atoms with Gasteiger partial charge in [0.2, 0.25) is 0 Å². The molecule has 0 saturated carbocycles. The van der Waals surface area contributed by atoms with Gasteiger partial charge in [-0.2, -0.15) is 5.10 Å². The molecule has 0 aliphatic heterocycles. The van der Waals surface area contributed by atoms with E-state index in [1.54, 1.807) is 11.7 Å². The number of aliphatic hydroxyl groups excluding tert-OH is 1. The topological polar surface area (TPSA) is 67.2 Å². The molecule has 72 valence electrons. The first-order valence-electron chi connectivity index (χ1n) is 4.04. The molecule has 0 aromatic carbocycles. The zero-order valence-electron chi connectivity index (χ0n) is 7.74. The van der Waals surface area contributed by atoms with Crippen molar-refractivity contribution in [1.82, 2.24) is 9.78 Å². The van der Waals surface area contributed by atoms with Crippen LogP contribution in [-0.2, 0) is 7.05 Å². The number of carbonyl (C=O) groups excluding carboxylic acids is 1. The molecule has 0 amide bonds. The number of aromatic nitrogens is 2. The monoisotopic (exact) mass is 183 g/mol. The molecule has 1 aromatic rings. The van der Waals surface area contributed by atoms with Crippen molar-refractivity contribution in [3.63, 3.8) is 0 Å². The second kappa shape index (κ2) is 4.04. The number of hydrogen-bond acceptors (Lipinski definition) is 4. The number of rotatable bonds is 4. The quantitative estimate of drug-likeness (QED) is 0.646. The molecule has 0 saturated heterocycles. The highest BCUT2D eigenvalue weighted by atomic mass is 16.3. The predicted molar refractivity (Wildman–Crippen MR) is 48.8 cm³/mol. The molecule has 13 heavy (non-hydrogen) atoms. The van der Waals surface area contributed by atoms with E-state index in [0.717, 1.165) is 0 Å². The molecule has 0 spiro atoms. The van der Waals surface area contributed by atoms with Crippen molar-refractivity contribution in [3.05, 3.63) is 11.8 Å². The molecule has 5 heteroatoms. The lowest BCUT2D eigenvalue weighted by molar-refractivity contribution is 0.101. The number of Topliss-reactive ketones (excluding diaryl/α,β-unsaturated/α-hetero) is 1. The summed E-state index contributed by atoms with van der Waals surface area (Å²) in [5.74, 6) is 0.620. The maximum absolute atomic E-state index is 11.1. The fourth-order valence-electron chi connectivity index (χ4n) is 1.08. The van der Waals surface area contributed by atoms with Crippen LogP contribution in [0, 0.1) is 0 Å². The highest BCUT2D eigenvalue weighted by Crippen LogP contribution is 2.13. The second-order valence-corrected chi connectivity index (χ2v) is 2.74. The zero-order valence-corrected chi connectivity index (χ0v) is 7.74. The first-order valence-corrected chi connectivity index (χ1v) is 4.04. The largest absolute Gasteiger partial charge is 0.395 e. The van der Waals surface area contributed by atoms with Crippen LogP contribution in [0.25, 0.3) is 0 Å². The summed E-state index contributed by atoms with van der Waals surface area (Å²) in [5, 5.41) is 15.5. The van der Waals surface area contributed by atoms with Crippen LogP contribution in [0.3, 0.4) is 0 Å². The number of hydrogen-bond donors (Lipinski definition) is 2. The Hall–Kier alpha value is -1.36. The standard InChI is InChI=1S/C8H13N3O2/c1-6(13)7-5-10-11(2)8(7)9-3-4-12/h5,9,12H,3-4H2,1-2H3. The Morgan fingerprint density at radius 2 is 2.46 bits per heavy atom. The minimum absolute atomic E-state index is 0.0303. The van der Waals surface area contributed by atoms with Gasteiger partial charge >= 0.3 is 0 Å². The Bertz CT molecular complexity index is 306. The van der Waals surface area contributed by atoms with Crippen molar-refractivity contribution in [3.8, 4) is 0 Å². The number of carbonyl (C=O) groups is 1. The summed E-state index contributed by atoms with van der Waals surface area (Å²) in [7, 11) is 1.74. The summed E-state index contributed by atoms with van der Waals surface area (Å²) < 4.78 is 1.58. The molecule has 0 radical (unpaired) electrons.